The molecule has 1 aliphatic rings. The van der Waals surface area contributed by atoms with Crippen LogP contribution in [0.15, 0.2) is 17.6 Å². The molecule has 1 aliphatic carbocycles. The summed E-state index contributed by atoms with van der Waals surface area (Å²) >= 11 is 1.82. The number of thiophene rings is 1. The summed E-state index contributed by atoms with van der Waals surface area (Å²) in [4.78, 5) is 5.98. The average Bonchev–Trinajstić information content (AvgIpc) is 2.91. The largest absolute Gasteiger partial charge is 0.353 e. The van der Waals surface area contributed by atoms with Crippen molar-refractivity contribution in [2.75, 3.05) is 5.32 Å². The normalized spacial score (nSPS) is 15.2. The first-order valence-corrected chi connectivity index (χ1v) is 6.93. The Labute approximate surface area is 106 Å². The highest BCUT2D eigenvalue weighted by atomic mass is 32.1. The predicted molar refractivity (Wildman–Crippen MR) is 71.8 cm³/mol. The maximum absolute atomic E-state index is 4.56. The monoisotopic (exact) mass is 247 g/mol. The molecule has 1 N–H and O–H groups in total. The van der Waals surface area contributed by atoms with E-state index >= 15 is 0 Å². The summed E-state index contributed by atoms with van der Waals surface area (Å²) in [5.41, 5.74) is 2.46. The van der Waals surface area contributed by atoms with E-state index in [9.17, 15) is 0 Å². The Hall–Kier alpha value is -1.29. The summed E-state index contributed by atoms with van der Waals surface area (Å²) in [6, 6.07) is 2.83. The minimum absolute atomic E-state index is 0.653. The van der Waals surface area contributed by atoms with Gasteiger partial charge in [0.15, 0.2) is 0 Å². The molecule has 0 aromatic carbocycles. The second-order valence-electron chi connectivity index (χ2n) is 4.78. The Balaban J connectivity index is 1.83. The fourth-order valence-electron chi connectivity index (χ4n) is 1.91. The molecule has 2 heterocycles. The number of aromatic nitrogens is 2. The Morgan fingerprint density at radius 2 is 2.29 bits per heavy atom. The van der Waals surface area contributed by atoms with E-state index in [1.54, 1.807) is 0 Å². The molecule has 2 aromatic rings. The lowest BCUT2D eigenvalue weighted by molar-refractivity contribution is 0.804. The molecule has 0 radical (unpaired) electrons. The third-order valence-electron chi connectivity index (χ3n) is 3.09. The number of hydrogen-bond acceptors (Lipinski definition) is 3. The lowest BCUT2D eigenvalue weighted by Crippen LogP contribution is -2.09. The summed E-state index contributed by atoms with van der Waals surface area (Å²) in [7, 11) is 0. The molecule has 90 valence electrons. The SMILES string of the molecule is Cc1cn(Cc2sccc2C)c(NC2CC2)n1. The fraction of sp³-hybridized carbons (Fsp3) is 0.462. The third-order valence-corrected chi connectivity index (χ3v) is 4.10. The van der Waals surface area contributed by atoms with Gasteiger partial charge < -0.3 is 9.88 Å². The minimum atomic E-state index is 0.653. The smallest absolute Gasteiger partial charge is 0.203 e. The second-order valence-corrected chi connectivity index (χ2v) is 5.78. The molecule has 0 spiro atoms. The van der Waals surface area contributed by atoms with Crippen LogP contribution in [-0.2, 0) is 6.54 Å². The standard InChI is InChI=1S/C13H17N3S/c1-9-5-6-17-12(9)8-16-7-10(2)14-13(16)15-11-3-4-11/h5-7,11H,3-4,8H2,1-2H3,(H,14,15). The molecule has 0 amide bonds. The van der Waals surface area contributed by atoms with E-state index in [0.29, 0.717) is 6.04 Å². The first kappa shape index (κ1) is 10.8. The van der Waals surface area contributed by atoms with E-state index in [-0.39, 0.29) is 0 Å². The molecule has 2 aromatic heterocycles. The highest BCUT2D eigenvalue weighted by Crippen LogP contribution is 2.25. The quantitative estimate of drug-likeness (QED) is 0.899. The molecule has 0 unspecified atom stereocenters. The number of rotatable bonds is 4. The van der Waals surface area contributed by atoms with Gasteiger partial charge in [0.2, 0.25) is 5.95 Å². The van der Waals surface area contributed by atoms with Gasteiger partial charge in [-0.25, -0.2) is 4.98 Å². The van der Waals surface area contributed by atoms with Crippen molar-refractivity contribution in [3.05, 3.63) is 33.8 Å². The van der Waals surface area contributed by atoms with Crippen molar-refractivity contribution < 1.29 is 0 Å². The minimum Gasteiger partial charge on any atom is -0.353 e. The van der Waals surface area contributed by atoms with Crippen molar-refractivity contribution in [2.24, 2.45) is 0 Å². The van der Waals surface area contributed by atoms with Crippen LogP contribution in [-0.4, -0.2) is 15.6 Å². The van der Waals surface area contributed by atoms with Crippen LogP contribution >= 0.6 is 11.3 Å². The third kappa shape index (κ3) is 2.36. The molecular formula is C13H17N3S. The van der Waals surface area contributed by atoms with Gasteiger partial charge in [0.05, 0.1) is 12.2 Å². The van der Waals surface area contributed by atoms with E-state index < -0.39 is 0 Å². The van der Waals surface area contributed by atoms with E-state index in [4.69, 9.17) is 0 Å². The van der Waals surface area contributed by atoms with Gasteiger partial charge in [-0.3, -0.25) is 0 Å². The molecule has 3 nitrogen and oxygen atoms in total. The van der Waals surface area contributed by atoms with Gasteiger partial charge >= 0.3 is 0 Å². The van der Waals surface area contributed by atoms with Gasteiger partial charge in [0.25, 0.3) is 0 Å². The van der Waals surface area contributed by atoms with Crippen LogP contribution in [0, 0.1) is 13.8 Å². The molecule has 0 atom stereocenters. The van der Waals surface area contributed by atoms with E-state index in [1.165, 1.54) is 23.3 Å². The molecule has 17 heavy (non-hydrogen) atoms. The van der Waals surface area contributed by atoms with Gasteiger partial charge in [0, 0.05) is 17.1 Å². The van der Waals surface area contributed by atoms with Gasteiger partial charge in [-0.15, -0.1) is 11.3 Å². The van der Waals surface area contributed by atoms with Crippen LogP contribution < -0.4 is 5.32 Å². The maximum Gasteiger partial charge on any atom is 0.203 e. The first-order chi connectivity index (χ1) is 8.22. The van der Waals surface area contributed by atoms with E-state index in [1.807, 2.05) is 11.3 Å². The van der Waals surface area contributed by atoms with Crippen LogP contribution in [0.5, 0.6) is 0 Å². The van der Waals surface area contributed by atoms with E-state index in [2.05, 4.69) is 46.4 Å². The van der Waals surface area contributed by atoms with Crippen LogP contribution in [0.4, 0.5) is 5.95 Å². The number of anilines is 1. The molecule has 1 saturated carbocycles. The van der Waals surface area contributed by atoms with Crippen molar-refractivity contribution in [1.82, 2.24) is 9.55 Å². The predicted octanol–water partition coefficient (Wildman–Crippen LogP) is 3.18. The van der Waals surface area contributed by atoms with Crippen molar-refractivity contribution in [1.29, 1.82) is 0 Å². The Bertz CT molecular complexity index is 523. The average molecular weight is 247 g/mol. The van der Waals surface area contributed by atoms with Crippen LogP contribution in [0.3, 0.4) is 0 Å². The number of imidazole rings is 1. The van der Waals surface area contributed by atoms with E-state index in [0.717, 1.165) is 18.2 Å². The van der Waals surface area contributed by atoms with Crippen LogP contribution in [0.25, 0.3) is 0 Å². The summed E-state index contributed by atoms with van der Waals surface area (Å²) < 4.78 is 2.23. The highest BCUT2D eigenvalue weighted by molar-refractivity contribution is 7.10. The highest BCUT2D eigenvalue weighted by Gasteiger charge is 2.23. The second kappa shape index (κ2) is 4.18. The molecule has 3 rings (SSSR count). The summed E-state index contributed by atoms with van der Waals surface area (Å²) in [5.74, 6) is 1.03. The molecular weight excluding hydrogens is 230 g/mol. The van der Waals surface area contributed by atoms with Crippen LogP contribution in [0.1, 0.15) is 29.0 Å². The molecule has 0 bridgehead atoms. The topological polar surface area (TPSA) is 29.9 Å². The zero-order valence-electron chi connectivity index (χ0n) is 10.2. The number of aryl methyl sites for hydroxylation is 2. The van der Waals surface area contributed by atoms with Gasteiger partial charge in [-0.1, -0.05) is 0 Å². The van der Waals surface area contributed by atoms with Crippen molar-refractivity contribution in [3.63, 3.8) is 0 Å². The summed E-state index contributed by atoms with van der Waals surface area (Å²) in [6.45, 7) is 5.15. The lowest BCUT2D eigenvalue weighted by Gasteiger charge is -2.08. The fourth-order valence-corrected chi connectivity index (χ4v) is 2.82. The van der Waals surface area contributed by atoms with Gasteiger partial charge in [-0.2, -0.15) is 0 Å². The van der Waals surface area contributed by atoms with Gasteiger partial charge in [-0.05, 0) is 43.7 Å². The lowest BCUT2D eigenvalue weighted by atomic mass is 10.3. The first-order valence-electron chi connectivity index (χ1n) is 6.05. The Kier molecular flexibility index (Phi) is 2.67. The Morgan fingerprint density at radius 3 is 2.94 bits per heavy atom. The summed E-state index contributed by atoms with van der Waals surface area (Å²) in [6.07, 6.45) is 4.69. The maximum atomic E-state index is 4.56. The molecule has 0 aliphatic heterocycles. The zero-order chi connectivity index (χ0) is 11.8. The molecule has 1 fully saturated rings. The van der Waals surface area contributed by atoms with Crippen molar-refractivity contribution in [3.8, 4) is 0 Å². The Morgan fingerprint density at radius 1 is 1.47 bits per heavy atom. The zero-order valence-corrected chi connectivity index (χ0v) is 11.0. The number of nitrogens with one attached hydrogen (secondary N) is 1. The van der Waals surface area contributed by atoms with Crippen molar-refractivity contribution >= 4 is 17.3 Å². The molecule has 0 saturated heterocycles. The molecule has 4 heteroatoms. The summed E-state index contributed by atoms with van der Waals surface area (Å²) in [5, 5.41) is 5.65. The number of hydrogen-bond donors (Lipinski definition) is 1. The number of nitrogens with zero attached hydrogens (tertiary/aromatic N) is 2. The van der Waals surface area contributed by atoms with Crippen molar-refractivity contribution in [2.45, 2.75) is 39.3 Å². The van der Waals surface area contributed by atoms with Crippen LogP contribution in [0.2, 0.25) is 0 Å². The van der Waals surface area contributed by atoms with Gasteiger partial charge in [0.1, 0.15) is 0 Å².